The van der Waals surface area contributed by atoms with Gasteiger partial charge in [-0.3, -0.25) is 4.90 Å². The van der Waals surface area contributed by atoms with Crippen LogP contribution < -0.4 is 11.5 Å². The van der Waals surface area contributed by atoms with Crippen molar-refractivity contribution in [3.63, 3.8) is 0 Å². The van der Waals surface area contributed by atoms with Crippen LogP contribution in [0.25, 0.3) is 0 Å². The van der Waals surface area contributed by atoms with Gasteiger partial charge >= 0.3 is 0 Å². The molecule has 1 fully saturated rings. The Labute approximate surface area is 104 Å². The van der Waals surface area contributed by atoms with Gasteiger partial charge in [-0.05, 0) is 26.0 Å². The molecule has 0 unspecified atom stereocenters. The van der Waals surface area contributed by atoms with Crippen molar-refractivity contribution < 1.29 is 0 Å². The van der Waals surface area contributed by atoms with E-state index in [0.29, 0.717) is 11.7 Å². The van der Waals surface area contributed by atoms with Crippen LogP contribution in [0.4, 0.5) is 0 Å². The van der Waals surface area contributed by atoms with Crippen molar-refractivity contribution in [1.82, 2.24) is 9.80 Å². The SMILES string of the molecule is C=C(N)/C=C\C(=C/N)N1CCN(C(C)C)CC1. The highest BCUT2D eigenvalue weighted by Crippen LogP contribution is 2.12. The molecule has 96 valence electrons. The third-order valence-corrected chi connectivity index (χ3v) is 3.05. The van der Waals surface area contributed by atoms with Gasteiger partial charge in [-0.2, -0.15) is 0 Å². The van der Waals surface area contributed by atoms with Gasteiger partial charge in [0.2, 0.25) is 0 Å². The van der Waals surface area contributed by atoms with Crippen molar-refractivity contribution in [2.45, 2.75) is 19.9 Å². The molecule has 0 aromatic heterocycles. The highest BCUT2D eigenvalue weighted by atomic mass is 15.3. The molecule has 0 spiro atoms. The zero-order chi connectivity index (χ0) is 12.8. The maximum absolute atomic E-state index is 5.65. The molecule has 0 bridgehead atoms. The van der Waals surface area contributed by atoms with Crippen LogP contribution in [0.2, 0.25) is 0 Å². The number of allylic oxidation sites excluding steroid dienone is 2. The molecule has 1 saturated heterocycles. The molecule has 0 aromatic carbocycles. The van der Waals surface area contributed by atoms with Gasteiger partial charge in [-0.25, -0.2) is 0 Å². The first-order valence-electron chi connectivity index (χ1n) is 6.08. The summed E-state index contributed by atoms with van der Waals surface area (Å²) in [6.45, 7) is 12.3. The van der Waals surface area contributed by atoms with E-state index in [1.807, 2.05) is 6.08 Å². The molecule has 1 heterocycles. The summed E-state index contributed by atoms with van der Waals surface area (Å²) in [6.07, 6.45) is 5.34. The van der Waals surface area contributed by atoms with E-state index in [1.54, 1.807) is 12.3 Å². The Kier molecular flexibility index (Phi) is 5.10. The van der Waals surface area contributed by atoms with Gasteiger partial charge in [0.05, 0.1) is 5.70 Å². The number of hydrogen-bond donors (Lipinski definition) is 2. The second-order valence-electron chi connectivity index (χ2n) is 4.62. The fourth-order valence-electron chi connectivity index (χ4n) is 1.96. The Hall–Kier alpha value is -1.42. The summed E-state index contributed by atoms with van der Waals surface area (Å²) in [5.41, 5.74) is 12.7. The van der Waals surface area contributed by atoms with Gasteiger partial charge in [0, 0.05) is 44.1 Å². The lowest BCUT2D eigenvalue weighted by Crippen LogP contribution is -2.48. The number of nitrogens with zero attached hydrogens (tertiary/aromatic N) is 2. The molecule has 1 rings (SSSR count). The summed E-state index contributed by atoms with van der Waals surface area (Å²) in [5, 5.41) is 0. The zero-order valence-corrected chi connectivity index (χ0v) is 10.9. The summed E-state index contributed by atoms with van der Waals surface area (Å²) in [6, 6.07) is 0.613. The molecule has 1 aliphatic rings. The molecule has 1 aliphatic heterocycles. The molecule has 4 N–H and O–H groups in total. The van der Waals surface area contributed by atoms with Gasteiger partial charge in [0.1, 0.15) is 0 Å². The molecule has 0 aliphatic carbocycles. The summed E-state index contributed by atoms with van der Waals surface area (Å²) in [4.78, 5) is 4.74. The normalized spacial score (nSPS) is 19.2. The van der Waals surface area contributed by atoms with Gasteiger partial charge in [-0.15, -0.1) is 0 Å². The van der Waals surface area contributed by atoms with Gasteiger partial charge in [-0.1, -0.05) is 6.58 Å². The molecular weight excluding hydrogens is 212 g/mol. The highest BCUT2D eigenvalue weighted by molar-refractivity contribution is 5.23. The zero-order valence-electron chi connectivity index (χ0n) is 10.9. The topological polar surface area (TPSA) is 58.5 Å². The van der Waals surface area contributed by atoms with Crippen molar-refractivity contribution in [1.29, 1.82) is 0 Å². The van der Waals surface area contributed by atoms with Crippen LogP contribution in [-0.2, 0) is 0 Å². The Morgan fingerprint density at radius 3 is 2.18 bits per heavy atom. The smallest absolute Gasteiger partial charge is 0.0525 e. The number of hydrogen-bond acceptors (Lipinski definition) is 4. The van der Waals surface area contributed by atoms with Crippen LogP contribution in [0, 0.1) is 0 Å². The van der Waals surface area contributed by atoms with E-state index in [4.69, 9.17) is 11.5 Å². The Morgan fingerprint density at radius 1 is 1.18 bits per heavy atom. The first-order chi connectivity index (χ1) is 8.04. The second kappa shape index (κ2) is 6.35. The van der Waals surface area contributed by atoms with Crippen molar-refractivity contribution in [3.05, 3.63) is 36.3 Å². The van der Waals surface area contributed by atoms with E-state index >= 15 is 0 Å². The minimum absolute atomic E-state index is 0.546. The number of rotatable bonds is 4. The van der Waals surface area contributed by atoms with Gasteiger partial charge in [0.25, 0.3) is 0 Å². The van der Waals surface area contributed by atoms with Crippen LogP contribution in [0.1, 0.15) is 13.8 Å². The van der Waals surface area contributed by atoms with E-state index in [2.05, 4.69) is 30.2 Å². The Morgan fingerprint density at radius 2 is 1.76 bits per heavy atom. The van der Waals surface area contributed by atoms with Gasteiger partial charge < -0.3 is 16.4 Å². The van der Waals surface area contributed by atoms with Gasteiger partial charge in [0.15, 0.2) is 0 Å². The third-order valence-electron chi connectivity index (χ3n) is 3.05. The largest absolute Gasteiger partial charge is 0.403 e. The van der Waals surface area contributed by atoms with Crippen LogP contribution in [0.15, 0.2) is 36.3 Å². The maximum Gasteiger partial charge on any atom is 0.0525 e. The molecule has 4 heteroatoms. The molecule has 0 atom stereocenters. The standard InChI is InChI=1S/C13H24N4/c1-11(2)16-6-8-17(9-7-16)13(10-14)5-4-12(3)15/h4-5,10-11H,3,6-9,14-15H2,1-2H3/b5-4-,13-10+. The lowest BCUT2D eigenvalue weighted by Gasteiger charge is -2.38. The fourth-order valence-corrected chi connectivity index (χ4v) is 1.96. The molecule has 0 saturated carbocycles. The van der Waals surface area contributed by atoms with Crippen LogP contribution >= 0.6 is 0 Å². The average Bonchev–Trinajstić information content (AvgIpc) is 2.30. The second-order valence-corrected chi connectivity index (χ2v) is 4.62. The third kappa shape index (κ3) is 4.15. The van der Waals surface area contributed by atoms with Crippen LogP contribution in [0.5, 0.6) is 0 Å². The van der Waals surface area contributed by atoms with E-state index in [0.717, 1.165) is 31.9 Å². The summed E-state index contributed by atoms with van der Waals surface area (Å²) in [7, 11) is 0. The number of piperazine rings is 1. The minimum Gasteiger partial charge on any atom is -0.403 e. The highest BCUT2D eigenvalue weighted by Gasteiger charge is 2.19. The molecule has 0 aromatic rings. The fraction of sp³-hybridized carbons (Fsp3) is 0.538. The van der Waals surface area contributed by atoms with E-state index in [1.165, 1.54) is 0 Å². The quantitative estimate of drug-likeness (QED) is 0.710. The molecule has 0 radical (unpaired) electrons. The Bertz CT molecular complexity index is 309. The molecule has 4 nitrogen and oxygen atoms in total. The lowest BCUT2D eigenvalue weighted by molar-refractivity contribution is 0.132. The van der Waals surface area contributed by atoms with Crippen molar-refractivity contribution in [2.24, 2.45) is 11.5 Å². The molecule has 0 amide bonds. The van der Waals surface area contributed by atoms with Crippen molar-refractivity contribution >= 4 is 0 Å². The first-order valence-corrected chi connectivity index (χ1v) is 6.08. The van der Waals surface area contributed by atoms with Crippen LogP contribution in [-0.4, -0.2) is 42.0 Å². The molecular formula is C13H24N4. The summed E-state index contributed by atoms with van der Waals surface area (Å²) < 4.78 is 0. The summed E-state index contributed by atoms with van der Waals surface area (Å²) in [5.74, 6) is 0. The Balaban J connectivity index is 2.54. The van der Waals surface area contributed by atoms with E-state index < -0.39 is 0 Å². The predicted octanol–water partition coefficient (Wildman–Crippen LogP) is 0.841. The first kappa shape index (κ1) is 13.6. The van der Waals surface area contributed by atoms with Crippen LogP contribution in [0.3, 0.4) is 0 Å². The molecule has 17 heavy (non-hydrogen) atoms. The van der Waals surface area contributed by atoms with Crippen molar-refractivity contribution in [2.75, 3.05) is 26.2 Å². The lowest BCUT2D eigenvalue weighted by atomic mass is 10.2. The predicted molar refractivity (Wildman–Crippen MR) is 73.0 cm³/mol. The average molecular weight is 236 g/mol. The monoisotopic (exact) mass is 236 g/mol. The maximum atomic E-state index is 5.65. The van der Waals surface area contributed by atoms with E-state index in [-0.39, 0.29) is 0 Å². The summed E-state index contributed by atoms with van der Waals surface area (Å²) >= 11 is 0. The number of nitrogens with two attached hydrogens (primary N) is 2. The van der Waals surface area contributed by atoms with E-state index in [9.17, 15) is 0 Å². The van der Waals surface area contributed by atoms with Crippen molar-refractivity contribution in [3.8, 4) is 0 Å². The minimum atomic E-state index is 0.546.